The van der Waals surface area contributed by atoms with Gasteiger partial charge in [-0.05, 0) is 37.1 Å². The van der Waals surface area contributed by atoms with E-state index in [-0.39, 0.29) is 42.9 Å². The molecule has 1 saturated carbocycles. The molecule has 150 valence electrons. The van der Waals surface area contributed by atoms with Gasteiger partial charge in [-0.3, -0.25) is 4.79 Å². The number of carbonyl (C=O) groups excluding carboxylic acids is 2. The molecule has 28 heavy (non-hydrogen) atoms. The fraction of sp³-hybridized carbons (Fsp3) is 0.429. The second-order valence-electron chi connectivity index (χ2n) is 6.62. The summed E-state index contributed by atoms with van der Waals surface area (Å²) in [6.07, 6.45) is 4.26. The maximum absolute atomic E-state index is 12.8. The topological polar surface area (TPSA) is 80.3 Å². The van der Waals surface area contributed by atoms with Crippen molar-refractivity contribution in [2.24, 2.45) is 5.92 Å². The van der Waals surface area contributed by atoms with Crippen molar-refractivity contribution in [3.63, 3.8) is 0 Å². The van der Waals surface area contributed by atoms with E-state index in [1.165, 1.54) is 12.3 Å². The van der Waals surface area contributed by atoms with Crippen LogP contribution in [0.25, 0.3) is 0 Å². The lowest BCUT2D eigenvalue weighted by Gasteiger charge is -2.36. The lowest BCUT2D eigenvalue weighted by molar-refractivity contribution is -0.153. The summed E-state index contributed by atoms with van der Waals surface area (Å²) in [5, 5.41) is 0. The average molecular weight is 388 g/mol. The number of esters is 1. The Bertz CT molecular complexity index is 738. The van der Waals surface area contributed by atoms with Crippen LogP contribution < -0.4 is 9.47 Å². The third-order valence-corrected chi connectivity index (χ3v) is 4.76. The van der Waals surface area contributed by atoms with E-state index in [1.807, 2.05) is 0 Å². The molecule has 1 fully saturated rings. The van der Waals surface area contributed by atoms with E-state index in [4.69, 9.17) is 23.7 Å². The van der Waals surface area contributed by atoms with Crippen LogP contribution in [0.4, 0.5) is 0 Å². The van der Waals surface area contributed by atoms with Crippen molar-refractivity contribution in [3.05, 3.63) is 48.9 Å². The molecule has 0 aromatic heterocycles. The SMILES string of the molecule is C=CCOC(=O)COC1CCC2C(=O)C(Oc3ccc(OC)cc3)=COC2C1. The number of allylic oxidation sites excluding steroid dienone is 1. The number of fused-ring (bicyclic) bond motifs is 1. The van der Waals surface area contributed by atoms with Gasteiger partial charge in [-0.1, -0.05) is 12.7 Å². The van der Waals surface area contributed by atoms with Crippen molar-refractivity contribution in [1.82, 2.24) is 0 Å². The van der Waals surface area contributed by atoms with Crippen LogP contribution in [-0.2, 0) is 23.8 Å². The first kappa shape index (κ1) is 19.9. The summed E-state index contributed by atoms with van der Waals surface area (Å²) >= 11 is 0. The summed E-state index contributed by atoms with van der Waals surface area (Å²) in [4.78, 5) is 24.3. The second-order valence-corrected chi connectivity index (χ2v) is 6.62. The smallest absolute Gasteiger partial charge is 0.332 e. The summed E-state index contributed by atoms with van der Waals surface area (Å²) in [7, 11) is 1.58. The molecule has 1 aliphatic heterocycles. The first-order chi connectivity index (χ1) is 13.6. The van der Waals surface area contributed by atoms with Gasteiger partial charge in [0.2, 0.25) is 11.5 Å². The predicted molar refractivity (Wildman–Crippen MR) is 99.8 cm³/mol. The maximum atomic E-state index is 12.8. The molecule has 0 radical (unpaired) electrons. The molecule has 3 atom stereocenters. The number of methoxy groups -OCH3 is 1. The van der Waals surface area contributed by atoms with Gasteiger partial charge in [0.05, 0.1) is 19.1 Å². The van der Waals surface area contributed by atoms with Crippen LogP contribution in [0.5, 0.6) is 11.5 Å². The Balaban J connectivity index is 1.53. The Morgan fingerprint density at radius 2 is 2.00 bits per heavy atom. The molecule has 2 aliphatic rings. The zero-order valence-corrected chi connectivity index (χ0v) is 15.8. The molecular formula is C21H24O7. The second kappa shape index (κ2) is 9.41. The van der Waals surface area contributed by atoms with E-state index in [2.05, 4.69) is 6.58 Å². The van der Waals surface area contributed by atoms with Crippen molar-refractivity contribution in [2.45, 2.75) is 31.5 Å². The number of ether oxygens (including phenoxy) is 5. The van der Waals surface area contributed by atoms with Gasteiger partial charge in [0.25, 0.3) is 0 Å². The Morgan fingerprint density at radius 3 is 2.71 bits per heavy atom. The zero-order valence-electron chi connectivity index (χ0n) is 15.8. The molecule has 0 spiro atoms. The third-order valence-electron chi connectivity index (χ3n) is 4.76. The standard InChI is InChI=1S/C21H24O7/c1-3-10-25-20(22)13-26-16-8-9-17-18(11-16)27-12-19(21(17)23)28-15-6-4-14(24-2)5-7-15/h3-7,12,16-18H,1,8-11,13H2,2H3. The highest BCUT2D eigenvalue weighted by molar-refractivity contribution is 5.96. The average Bonchev–Trinajstić information content (AvgIpc) is 2.73. The molecule has 1 aromatic carbocycles. The van der Waals surface area contributed by atoms with E-state index < -0.39 is 5.97 Å². The summed E-state index contributed by atoms with van der Waals surface area (Å²) in [6, 6.07) is 6.98. The van der Waals surface area contributed by atoms with Crippen LogP contribution in [0.2, 0.25) is 0 Å². The molecule has 7 nitrogen and oxygen atoms in total. The van der Waals surface area contributed by atoms with Gasteiger partial charge < -0.3 is 23.7 Å². The summed E-state index contributed by atoms with van der Waals surface area (Å²) in [6.45, 7) is 3.53. The van der Waals surface area contributed by atoms with Crippen LogP contribution in [0.15, 0.2) is 48.9 Å². The van der Waals surface area contributed by atoms with E-state index in [0.29, 0.717) is 30.8 Å². The molecular weight excluding hydrogens is 364 g/mol. The number of hydrogen-bond acceptors (Lipinski definition) is 7. The van der Waals surface area contributed by atoms with E-state index >= 15 is 0 Å². The van der Waals surface area contributed by atoms with E-state index in [9.17, 15) is 9.59 Å². The fourth-order valence-corrected chi connectivity index (χ4v) is 3.31. The summed E-state index contributed by atoms with van der Waals surface area (Å²) in [5.41, 5.74) is 0. The van der Waals surface area contributed by atoms with Gasteiger partial charge in [-0.25, -0.2) is 4.79 Å². The van der Waals surface area contributed by atoms with Crippen LogP contribution in [0, 0.1) is 5.92 Å². The maximum Gasteiger partial charge on any atom is 0.332 e. The number of rotatable bonds is 8. The Labute approximate surface area is 163 Å². The summed E-state index contributed by atoms with van der Waals surface area (Å²) in [5.74, 6) is 0.662. The van der Waals surface area contributed by atoms with Gasteiger partial charge in [0, 0.05) is 6.42 Å². The van der Waals surface area contributed by atoms with Gasteiger partial charge >= 0.3 is 5.97 Å². The van der Waals surface area contributed by atoms with Crippen LogP contribution in [-0.4, -0.2) is 44.3 Å². The minimum atomic E-state index is -0.433. The van der Waals surface area contributed by atoms with E-state index in [1.54, 1.807) is 31.4 Å². The van der Waals surface area contributed by atoms with Gasteiger partial charge in [0.1, 0.15) is 37.1 Å². The Hall–Kier alpha value is -2.80. The van der Waals surface area contributed by atoms with Crippen molar-refractivity contribution < 1.29 is 33.3 Å². The number of Topliss-reactive ketones (excluding diaryl/α,β-unsaturated/α-hetero) is 1. The van der Waals surface area contributed by atoms with Gasteiger partial charge in [0.15, 0.2) is 0 Å². The highest BCUT2D eigenvalue weighted by atomic mass is 16.6. The molecule has 3 rings (SSSR count). The lowest BCUT2D eigenvalue weighted by Crippen LogP contribution is -2.42. The van der Waals surface area contributed by atoms with Gasteiger partial charge in [-0.2, -0.15) is 0 Å². The normalized spacial score (nSPS) is 23.7. The fourth-order valence-electron chi connectivity index (χ4n) is 3.31. The Morgan fingerprint density at radius 1 is 1.25 bits per heavy atom. The molecule has 0 saturated heterocycles. The summed E-state index contributed by atoms with van der Waals surface area (Å²) < 4.78 is 27.0. The van der Waals surface area contributed by atoms with Crippen LogP contribution >= 0.6 is 0 Å². The van der Waals surface area contributed by atoms with Crippen LogP contribution in [0.3, 0.4) is 0 Å². The first-order valence-electron chi connectivity index (χ1n) is 9.20. The molecule has 1 heterocycles. The minimum Gasteiger partial charge on any atom is -0.497 e. The number of hydrogen-bond donors (Lipinski definition) is 0. The molecule has 0 bridgehead atoms. The molecule has 0 amide bonds. The largest absolute Gasteiger partial charge is 0.497 e. The third kappa shape index (κ3) is 4.92. The Kier molecular flexibility index (Phi) is 6.71. The highest BCUT2D eigenvalue weighted by Crippen LogP contribution is 2.35. The van der Waals surface area contributed by atoms with E-state index in [0.717, 1.165) is 0 Å². The van der Waals surface area contributed by atoms with Crippen molar-refractivity contribution in [3.8, 4) is 11.5 Å². The lowest BCUT2D eigenvalue weighted by atomic mass is 9.80. The quantitative estimate of drug-likeness (QED) is 0.500. The molecule has 1 aromatic rings. The van der Waals surface area contributed by atoms with Crippen LogP contribution in [0.1, 0.15) is 19.3 Å². The molecule has 3 unspecified atom stereocenters. The number of carbonyl (C=O) groups is 2. The monoisotopic (exact) mass is 388 g/mol. The van der Waals surface area contributed by atoms with Crippen molar-refractivity contribution in [2.75, 3.05) is 20.3 Å². The van der Waals surface area contributed by atoms with Crippen molar-refractivity contribution >= 4 is 11.8 Å². The predicted octanol–water partition coefficient (Wildman–Crippen LogP) is 2.80. The van der Waals surface area contributed by atoms with Gasteiger partial charge in [-0.15, -0.1) is 0 Å². The molecule has 0 N–H and O–H groups in total. The highest BCUT2D eigenvalue weighted by Gasteiger charge is 2.41. The number of ketones is 1. The molecule has 1 aliphatic carbocycles. The number of benzene rings is 1. The molecule has 7 heteroatoms. The van der Waals surface area contributed by atoms with Crippen molar-refractivity contribution in [1.29, 1.82) is 0 Å². The first-order valence-corrected chi connectivity index (χ1v) is 9.20. The zero-order chi connectivity index (χ0) is 19.9. The minimum absolute atomic E-state index is 0.0732.